The summed E-state index contributed by atoms with van der Waals surface area (Å²) in [6, 6.07) is 7.77. The summed E-state index contributed by atoms with van der Waals surface area (Å²) in [7, 11) is 1.50. The van der Waals surface area contributed by atoms with E-state index >= 15 is 0 Å². The molecule has 46 heavy (non-hydrogen) atoms. The summed E-state index contributed by atoms with van der Waals surface area (Å²) in [5, 5.41) is 21.0. The molecule has 2 aliphatic rings. The summed E-state index contributed by atoms with van der Waals surface area (Å²) in [5.41, 5.74) is 6.27. The zero-order chi connectivity index (χ0) is 34.2. The molecule has 3 amide bonds. The van der Waals surface area contributed by atoms with Gasteiger partial charge in [-0.1, -0.05) is 70.4 Å². The molecule has 1 saturated carbocycles. The number of piperidine rings is 1. The molecule has 1 saturated heterocycles. The lowest BCUT2D eigenvalue weighted by atomic mass is 9.72. The van der Waals surface area contributed by atoms with Gasteiger partial charge in [-0.05, 0) is 75.8 Å². The number of aliphatic hydroxyl groups is 1. The second-order valence-corrected chi connectivity index (χ2v) is 15.4. The van der Waals surface area contributed by atoms with E-state index < -0.39 is 35.4 Å². The third-order valence-corrected chi connectivity index (χ3v) is 9.06. The monoisotopic (exact) mass is 638 g/mol. The maximum absolute atomic E-state index is 14.0. The van der Waals surface area contributed by atoms with E-state index in [1.54, 1.807) is 6.92 Å². The highest BCUT2D eigenvalue weighted by molar-refractivity contribution is 6.43. The van der Waals surface area contributed by atoms with E-state index in [-0.39, 0.29) is 29.7 Å². The van der Waals surface area contributed by atoms with Crippen LogP contribution in [0.25, 0.3) is 0 Å². The van der Waals surface area contributed by atoms with Gasteiger partial charge in [-0.15, -0.1) is 0 Å². The number of amides is 3. The summed E-state index contributed by atoms with van der Waals surface area (Å²) in [4.78, 5) is 46.9. The number of benzene rings is 1. The fourth-order valence-electron chi connectivity index (χ4n) is 6.74. The Morgan fingerprint density at radius 2 is 1.67 bits per heavy atom. The van der Waals surface area contributed by atoms with Crippen LogP contribution < -0.4 is 21.7 Å². The second-order valence-electron chi connectivity index (χ2n) is 15.4. The number of hydrogen-bond acceptors (Lipinski definition) is 7. The number of aliphatic imine (C=N–C) groups is 1. The Kier molecular flexibility index (Phi) is 13.0. The molecule has 1 heterocycles. The Morgan fingerprint density at radius 1 is 1.04 bits per heavy atom. The number of likely N-dealkylation sites (tertiary alicyclic amines) is 1. The average molecular weight is 639 g/mol. The van der Waals surface area contributed by atoms with Crippen molar-refractivity contribution in [3.63, 3.8) is 0 Å². The number of nitrogens with zero attached hydrogens (tertiary/aromatic N) is 2. The van der Waals surface area contributed by atoms with Gasteiger partial charge >= 0.3 is 0 Å². The summed E-state index contributed by atoms with van der Waals surface area (Å²) in [5.74, 6) is 0.0626. The van der Waals surface area contributed by atoms with E-state index in [1.165, 1.54) is 26.0 Å². The average Bonchev–Trinajstić information content (AvgIpc) is 2.96. The Bertz CT molecular complexity index is 1250. The van der Waals surface area contributed by atoms with Gasteiger partial charge in [0.2, 0.25) is 11.8 Å². The molecule has 1 aromatic carbocycles. The quantitative estimate of drug-likeness (QED) is 0.235. The number of nitrogens with two attached hydrogens (primary N) is 1. The molecule has 10 heteroatoms. The van der Waals surface area contributed by atoms with Crippen LogP contribution in [0.3, 0.4) is 0 Å². The number of fused-ring (bicyclic) bond motifs is 1. The number of aliphatic hydroxyl groups excluding tert-OH is 1. The first kappa shape index (κ1) is 37.2. The van der Waals surface area contributed by atoms with E-state index in [9.17, 15) is 19.5 Å². The van der Waals surface area contributed by atoms with Crippen LogP contribution in [-0.2, 0) is 20.8 Å². The first-order chi connectivity index (χ1) is 21.5. The Labute approximate surface area is 276 Å². The third kappa shape index (κ3) is 10.9. The molecule has 6 N–H and O–H groups in total. The smallest absolute Gasteiger partial charge is 0.270 e. The van der Waals surface area contributed by atoms with Gasteiger partial charge in [0.1, 0.15) is 11.8 Å². The predicted molar refractivity (Wildman–Crippen MR) is 184 cm³/mol. The molecule has 0 aromatic heterocycles. The second kappa shape index (κ2) is 16.0. The lowest BCUT2D eigenvalue weighted by Gasteiger charge is -2.47. The molecule has 0 radical (unpaired) electrons. The number of allylic oxidation sites excluding steroid dienone is 1. The molecule has 10 nitrogen and oxygen atoms in total. The summed E-state index contributed by atoms with van der Waals surface area (Å²) in [6.07, 6.45) is 6.30. The zero-order valence-electron chi connectivity index (χ0n) is 29.2. The molecule has 2 fully saturated rings. The number of nitrogens with one attached hydrogen (secondary N) is 3. The van der Waals surface area contributed by atoms with E-state index in [1.807, 2.05) is 71.9 Å². The first-order valence-corrected chi connectivity index (χ1v) is 16.8. The van der Waals surface area contributed by atoms with Gasteiger partial charge < -0.3 is 26.8 Å². The maximum Gasteiger partial charge on any atom is 0.270 e. The van der Waals surface area contributed by atoms with Crippen molar-refractivity contribution in [1.29, 1.82) is 0 Å². The molecule has 256 valence electrons. The van der Waals surface area contributed by atoms with Crippen LogP contribution >= 0.6 is 0 Å². The molecule has 1 aliphatic heterocycles. The molecule has 1 unspecified atom stereocenters. The minimum absolute atomic E-state index is 0.0157. The van der Waals surface area contributed by atoms with Crippen LogP contribution in [0.2, 0.25) is 0 Å². The number of carbonyl (C=O) groups excluding carboxylic acids is 3. The van der Waals surface area contributed by atoms with Gasteiger partial charge in [-0.25, -0.2) is 0 Å². The van der Waals surface area contributed by atoms with E-state index in [0.29, 0.717) is 24.0 Å². The van der Waals surface area contributed by atoms with E-state index in [0.717, 1.165) is 31.4 Å². The van der Waals surface area contributed by atoms with Crippen LogP contribution in [-0.4, -0.2) is 83.3 Å². The first-order valence-electron chi connectivity index (χ1n) is 16.8. The van der Waals surface area contributed by atoms with Crippen LogP contribution in [0.5, 0.6) is 0 Å². The number of rotatable bonds is 11. The fourth-order valence-corrected chi connectivity index (χ4v) is 6.74. The van der Waals surface area contributed by atoms with Crippen molar-refractivity contribution in [2.24, 2.45) is 28.0 Å². The fraction of sp³-hybridized carbons (Fsp3) is 0.667. The predicted octanol–water partition coefficient (Wildman–Crippen LogP) is 3.33. The molecular weight excluding hydrogens is 580 g/mol. The third-order valence-electron chi connectivity index (χ3n) is 9.06. The highest BCUT2D eigenvalue weighted by Crippen LogP contribution is 2.39. The van der Waals surface area contributed by atoms with Crippen molar-refractivity contribution in [1.82, 2.24) is 20.9 Å². The SMILES string of the molecule is CN=C(C=C(C)N)C(=O)N[C@H](C(=O)N[C@@H](Cc1ccccc1)[C@H](O)CN1CC2CCCC[C@H]2C[C@H]1C(=O)NC(C)(C)C)C(C)(C)C. The molecule has 3 rings (SSSR count). The van der Waals surface area contributed by atoms with Gasteiger partial charge in [0.05, 0.1) is 18.2 Å². The molecule has 0 bridgehead atoms. The van der Waals surface area contributed by atoms with Gasteiger partial charge in [-0.2, -0.15) is 0 Å². The van der Waals surface area contributed by atoms with Crippen LogP contribution in [0, 0.1) is 17.3 Å². The standard InChI is InChI=1S/C36H58N6O4/c1-23(37)18-28(38-8)32(44)40-31(35(2,3)4)34(46)39-27(19-24-14-10-9-11-15-24)30(43)22-42-21-26-17-13-12-16-25(26)20-29(42)33(45)41-36(5,6)7/h9-11,14-15,18,25-27,29-31,43H,12-13,16-17,19-22,37H2,1-8H3,(H,39,46)(H,40,44)(H,41,45)/t25-,26?,27-,29-,30+,31+/m0/s1. The van der Waals surface area contributed by atoms with Gasteiger partial charge in [0.15, 0.2) is 0 Å². The maximum atomic E-state index is 14.0. The lowest BCUT2D eigenvalue weighted by molar-refractivity contribution is -0.134. The molecule has 6 atom stereocenters. The number of hydrogen-bond donors (Lipinski definition) is 5. The summed E-state index contributed by atoms with van der Waals surface area (Å²) < 4.78 is 0. The van der Waals surface area contributed by atoms with Crippen LogP contribution in [0.1, 0.15) is 86.1 Å². The van der Waals surface area contributed by atoms with Crippen molar-refractivity contribution in [3.05, 3.63) is 47.7 Å². The molecule has 0 spiro atoms. The van der Waals surface area contributed by atoms with E-state index in [2.05, 4.69) is 25.8 Å². The highest BCUT2D eigenvalue weighted by atomic mass is 16.3. The highest BCUT2D eigenvalue weighted by Gasteiger charge is 2.42. The van der Waals surface area contributed by atoms with Crippen molar-refractivity contribution >= 4 is 23.4 Å². The number of carbonyl (C=O) groups is 3. The van der Waals surface area contributed by atoms with Crippen molar-refractivity contribution in [2.75, 3.05) is 20.1 Å². The lowest BCUT2D eigenvalue weighted by Crippen LogP contribution is -2.62. The minimum atomic E-state index is -0.971. The Balaban J connectivity index is 1.88. The summed E-state index contributed by atoms with van der Waals surface area (Å²) >= 11 is 0. The normalized spacial score (nSPS) is 23.5. The Hall–Kier alpha value is -3.24. The Morgan fingerprint density at radius 3 is 2.24 bits per heavy atom. The van der Waals surface area contributed by atoms with Crippen LogP contribution in [0.4, 0.5) is 0 Å². The molecule has 1 aliphatic carbocycles. The number of β-amino-alcohol motifs (C(OH)–C–C–N with tert-alkyl or cyclic N) is 1. The van der Waals surface area contributed by atoms with Gasteiger partial charge in [-0.3, -0.25) is 24.3 Å². The van der Waals surface area contributed by atoms with Crippen LogP contribution in [0.15, 0.2) is 47.1 Å². The van der Waals surface area contributed by atoms with Gasteiger partial charge in [0.25, 0.3) is 5.91 Å². The minimum Gasteiger partial charge on any atom is -0.402 e. The van der Waals surface area contributed by atoms with Crippen molar-refractivity contribution in [3.8, 4) is 0 Å². The largest absolute Gasteiger partial charge is 0.402 e. The summed E-state index contributed by atoms with van der Waals surface area (Å²) in [6.45, 7) is 14.2. The zero-order valence-corrected chi connectivity index (χ0v) is 29.2. The molecule has 1 aromatic rings. The van der Waals surface area contributed by atoms with E-state index in [4.69, 9.17) is 5.73 Å². The molecular formula is C36H58N6O4. The van der Waals surface area contributed by atoms with Crippen molar-refractivity contribution < 1.29 is 19.5 Å². The topological polar surface area (TPSA) is 149 Å². The van der Waals surface area contributed by atoms with Gasteiger partial charge in [0, 0.05) is 31.4 Å². The van der Waals surface area contributed by atoms with Crippen molar-refractivity contribution in [2.45, 2.75) is 117 Å².